The Kier molecular flexibility index (Phi) is 4.86. The van der Waals surface area contributed by atoms with Crippen molar-refractivity contribution < 1.29 is 19.4 Å². The largest absolute Gasteiger partial charge is 0.394 e. The van der Waals surface area contributed by atoms with Crippen molar-refractivity contribution in [1.82, 2.24) is 5.32 Å². The molecule has 1 rings (SSSR count). The number of benzene rings is 1. The van der Waals surface area contributed by atoms with Crippen LogP contribution in [0, 0.1) is 12.7 Å². The average Bonchev–Trinajstić information content (AvgIpc) is 2.24. The zero-order chi connectivity index (χ0) is 12.8. The third kappa shape index (κ3) is 4.80. The fourth-order valence-corrected chi connectivity index (χ4v) is 1.26. The lowest BCUT2D eigenvalue weighted by molar-refractivity contribution is 0.0965. The van der Waals surface area contributed by atoms with Gasteiger partial charge >= 0.3 is 6.03 Å². The van der Waals surface area contributed by atoms with Gasteiger partial charge in [0.05, 0.1) is 12.7 Å². The van der Waals surface area contributed by atoms with Gasteiger partial charge in [0.15, 0.2) is 0 Å². The molecule has 0 radical (unpaired) electrons. The van der Waals surface area contributed by atoms with Crippen molar-refractivity contribution >= 4 is 11.7 Å². The molecule has 4 N–H and O–H groups in total. The maximum Gasteiger partial charge on any atom is 0.319 e. The molecule has 0 aromatic heterocycles. The molecule has 0 fully saturated rings. The fraction of sp³-hybridized carbons (Fsp3) is 0.364. The van der Waals surface area contributed by atoms with E-state index in [9.17, 15) is 9.18 Å². The van der Waals surface area contributed by atoms with E-state index in [1.807, 2.05) is 0 Å². The zero-order valence-corrected chi connectivity index (χ0v) is 9.40. The zero-order valence-electron chi connectivity index (χ0n) is 9.40. The van der Waals surface area contributed by atoms with Crippen LogP contribution < -0.4 is 10.6 Å². The lowest BCUT2D eigenvalue weighted by Crippen LogP contribution is -2.36. The van der Waals surface area contributed by atoms with Crippen LogP contribution in [0.5, 0.6) is 0 Å². The standard InChI is InChI=1S/C11H15FN2O3/c1-7-2-8(12)4-9(3-7)14-11(17)13-5-10(16)6-15/h2-4,10,15-16H,5-6H2,1H3,(H2,13,14,17). The van der Waals surface area contributed by atoms with Crippen molar-refractivity contribution in [3.8, 4) is 0 Å². The van der Waals surface area contributed by atoms with Crippen molar-refractivity contribution in [2.24, 2.45) is 0 Å². The van der Waals surface area contributed by atoms with Crippen LogP contribution in [0.25, 0.3) is 0 Å². The molecule has 94 valence electrons. The van der Waals surface area contributed by atoms with Crippen LogP contribution in [0.1, 0.15) is 5.56 Å². The summed E-state index contributed by atoms with van der Waals surface area (Å²) in [5, 5.41) is 22.3. The van der Waals surface area contributed by atoms with Gasteiger partial charge in [0.1, 0.15) is 5.82 Å². The molecule has 0 saturated carbocycles. The van der Waals surface area contributed by atoms with Crippen LogP contribution >= 0.6 is 0 Å². The molecule has 0 aliphatic heterocycles. The summed E-state index contributed by atoms with van der Waals surface area (Å²) < 4.78 is 13.0. The summed E-state index contributed by atoms with van der Waals surface area (Å²) in [6, 6.07) is 3.58. The van der Waals surface area contributed by atoms with Crippen molar-refractivity contribution in [3.63, 3.8) is 0 Å². The summed E-state index contributed by atoms with van der Waals surface area (Å²) in [6.45, 7) is 1.21. The lowest BCUT2D eigenvalue weighted by Gasteiger charge is -2.10. The number of halogens is 1. The van der Waals surface area contributed by atoms with E-state index in [4.69, 9.17) is 10.2 Å². The van der Waals surface area contributed by atoms with E-state index in [1.54, 1.807) is 13.0 Å². The normalized spacial score (nSPS) is 12.0. The first-order chi connectivity index (χ1) is 8.01. The number of aryl methyl sites for hydroxylation is 1. The maximum atomic E-state index is 13.0. The highest BCUT2D eigenvalue weighted by Gasteiger charge is 2.06. The molecule has 2 amide bonds. The van der Waals surface area contributed by atoms with Gasteiger partial charge < -0.3 is 20.8 Å². The number of rotatable bonds is 4. The monoisotopic (exact) mass is 242 g/mol. The molecular formula is C11H15FN2O3. The second-order valence-electron chi connectivity index (χ2n) is 3.69. The van der Waals surface area contributed by atoms with Crippen LogP contribution in [0.15, 0.2) is 18.2 Å². The van der Waals surface area contributed by atoms with Crippen LogP contribution in [0.2, 0.25) is 0 Å². The predicted octanol–water partition coefficient (Wildman–Crippen LogP) is 0.609. The summed E-state index contributed by atoms with van der Waals surface area (Å²) >= 11 is 0. The topological polar surface area (TPSA) is 81.6 Å². The van der Waals surface area contributed by atoms with Crippen molar-refractivity contribution in [2.45, 2.75) is 13.0 Å². The van der Waals surface area contributed by atoms with Gasteiger partial charge in [-0.3, -0.25) is 0 Å². The lowest BCUT2D eigenvalue weighted by atomic mass is 10.2. The van der Waals surface area contributed by atoms with Crippen LogP contribution in [0.4, 0.5) is 14.9 Å². The van der Waals surface area contributed by atoms with Crippen molar-refractivity contribution in [2.75, 3.05) is 18.5 Å². The number of carbonyl (C=O) groups is 1. The van der Waals surface area contributed by atoms with Gasteiger partial charge in [-0.05, 0) is 30.7 Å². The Balaban J connectivity index is 2.50. The number of carbonyl (C=O) groups excluding carboxylic acids is 1. The predicted molar refractivity (Wildman–Crippen MR) is 61.3 cm³/mol. The van der Waals surface area contributed by atoms with E-state index < -0.39 is 24.6 Å². The third-order valence-corrected chi connectivity index (χ3v) is 2.01. The highest BCUT2D eigenvalue weighted by Crippen LogP contribution is 2.12. The van der Waals surface area contributed by atoms with Gasteiger partial charge in [-0.2, -0.15) is 0 Å². The van der Waals surface area contributed by atoms with Gasteiger partial charge in [-0.1, -0.05) is 0 Å². The molecule has 17 heavy (non-hydrogen) atoms. The number of urea groups is 1. The molecule has 0 saturated heterocycles. The summed E-state index contributed by atoms with van der Waals surface area (Å²) in [6.07, 6.45) is -1.00. The third-order valence-electron chi connectivity index (χ3n) is 2.01. The Labute approximate surface area is 98.3 Å². The van der Waals surface area contributed by atoms with Gasteiger partial charge in [0.25, 0.3) is 0 Å². The average molecular weight is 242 g/mol. The Hall–Kier alpha value is -1.66. The number of amides is 2. The first kappa shape index (κ1) is 13.4. The maximum absolute atomic E-state index is 13.0. The van der Waals surface area contributed by atoms with E-state index in [2.05, 4.69) is 10.6 Å². The Bertz CT molecular complexity index is 378. The highest BCUT2D eigenvalue weighted by atomic mass is 19.1. The number of aliphatic hydroxyl groups is 2. The first-order valence-corrected chi connectivity index (χ1v) is 5.12. The van der Waals surface area contributed by atoms with Crippen molar-refractivity contribution in [1.29, 1.82) is 0 Å². The molecule has 0 heterocycles. The molecule has 0 spiro atoms. The number of anilines is 1. The van der Waals surface area contributed by atoms with Crippen LogP contribution in [0.3, 0.4) is 0 Å². The molecule has 6 heteroatoms. The summed E-state index contributed by atoms with van der Waals surface area (Å²) in [5.74, 6) is -0.435. The molecular weight excluding hydrogens is 227 g/mol. The van der Waals surface area contributed by atoms with Crippen molar-refractivity contribution in [3.05, 3.63) is 29.6 Å². The molecule has 1 aromatic carbocycles. The molecule has 1 atom stereocenters. The van der Waals surface area contributed by atoms with E-state index in [1.165, 1.54) is 12.1 Å². The van der Waals surface area contributed by atoms with Gasteiger partial charge in [0, 0.05) is 12.2 Å². The summed E-state index contributed by atoms with van der Waals surface area (Å²) in [5.41, 5.74) is 1.02. The van der Waals surface area contributed by atoms with E-state index in [0.717, 1.165) is 0 Å². The van der Waals surface area contributed by atoms with Crippen LogP contribution in [-0.2, 0) is 0 Å². The Morgan fingerprint density at radius 2 is 2.18 bits per heavy atom. The number of nitrogens with one attached hydrogen (secondary N) is 2. The van der Waals surface area contributed by atoms with Gasteiger partial charge in [-0.25, -0.2) is 9.18 Å². The molecule has 0 aliphatic carbocycles. The first-order valence-electron chi connectivity index (χ1n) is 5.12. The highest BCUT2D eigenvalue weighted by molar-refractivity contribution is 5.89. The molecule has 0 aliphatic rings. The Morgan fingerprint density at radius 1 is 1.47 bits per heavy atom. The van der Waals surface area contributed by atoms with E-state index >= 15 is 0 Å². The SMILES string of the molecule is Cc1cc(F)cc(NC(=O)NCC(O)CO)c1. The quantitative estimate of drug-likeness (QED) is 0.624. The van der Waals surface area contributed by atoms with Gasteiger partial charge in [0.2, 0.25) is 0 Å². The molecule has 5 nitrogen and oxygen atoms in total. The summed E-state index contributed by atoms with van der Waals surface area (Å²) in [7, 11) is 0. The second-order valence-corrected chi connectivity index (χ2v) is 3.69. The molecule has 1 unspecified atom stereocenters. The number of hydrogen-bond acceptors (Lipinski definition) is 3. The smallest absolute Gasteiger partial charge is 0.319 e. The van der Waals surface area contributed by atoms with E-state index in [0.29, 0.717) is 11.3 Å². The molecule has 0 bridgehead atoms. The van der Waals surface area contributed by atoms with Gasteiger partial charge in [-0.15, -0.1) is 0 Å². The minimum Gasteiger partial charge on any atom is -0.394 e. The van der Waals surface area contributed by atoms with Crippen LogP contribution in [-0.4, -0.2) is 35.5 Å². The minimum absolute atomic E-state index is 0.0728. The number of hydrogen-bond donors (Lipinski definition) is 4. The second kappa shape index (κ2) is 6.17. The minimum atomic E-state index is -1.00. The Morgan fingerprint density at radius 3 is 2.76 bits per heavy atom. The number of aliphatic hydroxyl groups excluding tert-OH is 2. The fourth-order valence-electron chi connectivity index (χ4n) is 1.26. The van der Waals surface area contributed by atoms with E-state index in [-0.39, 0.29) is 6.54 Å². The summed E-state index contributed by atoms with van der Waals surface area (Å²) in [4.78, 5) is 11.3. The molecule has 1 aromatic rings.